The van der Waals surface area contributed by atoms with E-state index < -0.39 is 0 Å². The highest BCUT2D eigenvalue weighted by Crippen LogP contribution is 2.20. The van der Waals surface area contributed by atoms with Gasteiger partial charge in [-0.05, 0) is 44.0 Å². The molecule has 0 aliphatic carbocycles. The highest BCUT2D eigenvalue weighted by Gasteiger charge is 2.21. The van der Waals surface area contributed by atoms with Crippen LogP contribution in [0.5, 0.6) is 0 Å². The molecule has 0 atom stereocenters. The van der Waals surface area contributed by atoms with Crippen molar-refractivity contribution >= 4 is 10.9 Å². The third-order valence-electron chi connectivity index (χ3n) is 5.12. The number of halogens is 1. The predicted octanol–water partition coefficient (Wildman–Crippen LogP) is 1.58. The molecule has 136 valence electrons. The molecule has 0 saturated carbocycles. The molecule has 1 saturated heterocycles. The molecule has 0 bridgehead atoms. The highest BCUT2D eigenvalue weighted by molar-refractivity contribution is 5.77. The average molecular weight is 356 g/mol. The van der Waals surface area contributed by atoms with Gasteiger partial charge >= 0.3 is 0 Å². The van der Waals surface area contributed by atoms with Gasteiger partial charge in [0.25, 0.3) is 5.56 Å². The molecule has 0 N–H and O–H groups in total. The first-order valence-electron chi connectivity index (χ1n) is 8.80. The summed E-state index contributed by atoms with van der Waals surface area (Å²) in [6.07, 6.45) is 5.15. The fourth-order valence-electron chi connectivity index (χ4n) is 3.53. The molecule has 2 aromatic heterocycles. The molecule has 0 amide bonds. The molecule has 0 unspecified atom stereocenters. The van der Waals surface area contributed by atoms with E-state index in [2.05, 4.69) is 20.0 Å². The minimum atomic E-state index is -0.377. The Morgan fingerprint density at radius 2 is 2.04 bits per heavy atom. The third-order valence-corrected chi connectivity index (χ3v) is 5.12. The number of aryl methyl sites for hydroxylation is 1. The molecule has 3 aromatic rings. The Bertz CT molecular complexity index is 973. The minimum Gasteiger partial charge on any atom is -0.298 e. The summed E-state index contributed by atoms with van der Waals surface area (Å²) >= 11 is 0. The predicted molar refractivity (Wildman–Crippen MR) is 95.0 cm³/mol. The van der Waals surface area contributed by atoms with Crippen molar-refractivity contribution in [2.24, 2.45) is 13.0 Å². The molecular formula is C18H21FN6O. The van der Waals surface area contributed by atoms with Crippen LogP contribution in [0, 0.1) is 11.7 Å². The molecule has 7 nitrogen and oxygen atoms in total. The van der Waals surface area contributed by atoms with Gasteiger partial charge in [0.15, 0.2) is 0 Å². The number of fused-ring (bicyclic) bond motifs is 1. The van der Waals surface area contributed by atoms with E-state index >= 15 is 0 Å². The van der Waals surface area contributed by atoms with Gasteiger partial charge in [-0.3, -0.25) is 18.9 Å². The fraction of sp³-hybridized carbons (Fsp3) is 0.444. The van der Waals surface area contributed by atoms with Crippen LogP contribution in [0.4, 0.5) is 4.39 Å². The van der Waals surface area contributed by atoms with Crippen molar-refractivity contribution in [2.45, 2.75) is 25.9 Å². The van der Waals surface area contributed by atoms with Crippen molar-refractivity contribution in [3.8, 4) is 0 Å². The van der Waals surface area contributed by atoms with Crippen LogP contribution in [0.3, 0.4) is 0 Å². The molecule has 26 heavy (non-hydrogen) atoms. The van der Waals surface area contributed by atoms with E-state index in [0.29, 0.717) is 23.4 Å². The Balaban J connectivity index is 1.41. The number of hydrogen-bond donors (Lipinski definition) is 0. The third kappa shape index (κ3) is 3.37. The quantitative estimate of drug-likeness (QED) is 0.710. The smallest absolute Gasteiger partial charge is 0.261 e. The van der Waals surface area contributed by atoms with Crippen LogP contribution in [-0.2, 0) is 20.1 Å². The molecule has 0 radical (unpaired) electrons. The maximum atomic E-state index is 13.3. The number of benzene rings is 1. The number of piperidine rings is 1. The van der Waals surface area contributed by atoms with E-state index in [1.54, 1.807) is 15.6 Å². The zero-order valence-corrected chi connectivity index (χ0v) is 14.7. The van der Waals surface area contributed by atoms with E-state index in [0.717, 1.165) is 38.3 Å². The van der Waals surface area contributed by atoms with E-state index in [-0.39, 0.29) is 11.4 Å². The van der Waals surface area contributed by atoms with E-state index in [1.807, 2.05) is 7.05 Å². The summed E-state index contributed by atoms with van der Waals surface area (Å²) in [5, 5.41) is 4.57. The highest BCUT2D eigenvalue weighted by atomic mass is 19.1. The molecule has 8 heteroatoms. The molecule has 0 spiro atoms. The summed E-state index contributed by atoms with van der Waals surface area (Å²) in [4.78, 5) is 23.5. The van der Waals surface area contributed by atoms with Gasteiger partial charge in [0.05, 0.1) is 23.8 Å². The molecule has 4 rings (SSSR count). The maximum absolute atomic E-state index is 13.3. The first-order chi connectivity index (χ1) is 12.6. The average Bonchev–Trinajstić information content (AvgIpc) is 3.04. The minimum absolute atomic E-state index is 0.100. The van der Waals surface area contributed by atoms with Crippen LogP contribution < -0.4 is 5.56 Å². The Labute approximate surface area is 150 Å². The zero-order valence-electron chi connectivity index (χ0n) is 14.7. The first kappa shape index (κ1) is 16.8. The molecular weight excluding hydrogens is 335 g/mol. The Morgan fingerprint density at radius 3 is 2.77 bits per heavy atom. The zero-order chi connectivity index (χ0) is 18.1. The van der Waals surface area contributed by atoms with Gasteiger partial charge in [-0.1, -0.05) is 0 Å². The lowest BCUT2D eigenvalue weighted by Crippen LogP contribution is -2.36. The monoisotopic (exact) mass is 356 g/mol. The fourth-order valence-corrected chi connectivity index (χ4v) is 3.53. The van der Waals surface area contributed by atoms with E-state index in [1.165, 1.54) is 24.5 Å². The molecule has 1 aliphatic rings. The van der Waals surface area contributed by atoms with Crippen molar-refractivity contribution < 1.29 is 4.39 Å². The second-order valence-corrected chi connectivity index (χ2v) is 6.88. The van der Waals surface area contributed by atoms with Crippen LogP contribution >= 0.6 is 0 Å². The number of rotatable bonds is 4. The molecule has 3 heterocycles. The maximum Gasteiger partial charge on any atom is 0.261 e. The van der Waals surface area contributed by atoms with Crippen molar-refractivity contribution in [3.63, 3.8) is 0 Å². The van der Waals surface area contributed by atoms with Gasteiger partial charge in [-0.25, -0.2) is 14.4 Å². The van der Waals surface area contributed by atoms with Gasteiger partial charge < -0.3 is 0 Å². The molecule has 1 aromatic carbocycles. The second-order valence-electron chi connectivity index (χ2n) is 6.88. The number of aromatic nitrogens is 5. The Morgan fingerprint density at radius 1 is 1.23 bits per heavy atom. The summed E-state index contributed by atoms with van der Waals surface area (Å²) in [5.41, 5.74) is 0.307. The SMILES string of the molecule is Cn1ncnc1CN1CCC(Cn2cnc3cc(F)ccc3c2=O)CC1. The largest absolute Gasteiger partial charge is 0.298 e. The molecule has 1 fully saturated rings. The summed E-state index contributed by atoms with van der Waals surface area (Å²) < 4.78 is 16.7. The second kappa shape index (κ2) is 6.95. The first-order valence-corrected chi connectivity index (χ1v) is 8.80. The van der Waals surface area contributed by atoms with Crippen molar-refractivity contribution in [2.75, 3.05) is 13.1 Å². The summed E-state index contributed by atoms with van der Waals surface area (Å²) in [7, 11) is 1.90. The van der Waals surface area contributed by atoms with Crippen LogP contribution in [-0.4, -0.2) is 42.3 Å². The lowest BCUT2D eigenvalue weighted by Gasteiger charge is -2.31. The van der Waals surface area contributed by atoms with Gasteiger partial charge in [0.2, 0.25) is 0 Å². The molecule has 1 aliphatic heterocycles. The summed E-state index contributed by atoms with van der Waals surface area (Å²) in [6, 6.07) is 4.12. The Kier molecular flexibility index (Phi) is 4.50. The van der Waals surface area contributed by atoms with E-state index in [4.69, 9.17) is 0 Å². The Hall–Kier alpha value is -2.61. The van der Waals surface area contributed by atoms with Gasteiger partial charge in [-0.2, -0.15) is 5.10 Å². The van der Waals surface area contributed by atoms with Crippen molar-refractivity contribution in [3.05, 3.63) is 52.8 Å². The van der Waals surface area contributed by atoms with Crippen molar-refractivity contribution in [1.82, 2.24) is 29.2 Å². The van der Waals surface area contributed by atoms with Crippen molar-refractivity contribution in [1.29, 1.82) is 0 Å². The number of hydrogen-bond acceptors (Lipinski definition) is 5. The van der Waals surface area contributed by atoms with Gasteiger partial charge in [0, 0.05) is 19.7 Å². The van der Waals surface area contributed by atoms with Gasteiger partial charge in [-0.15, -0.1) is 0 Å². The number of nitrogens with zero attached hydrogens (tertiary/aromatic N) is 6. The van der Waals surface area contributed by atoms with Crippen LogP contribution in [0.2, 0.25) is 0 Å². The summed E-state index contributed by atoms with van der Waals surface area (Å²) in [5.74, 6) is 1.02. The number of likely N-dealkylation sites (tertiary alicyclic amines) is 1. The lowest BCUT2D eigenvalue weighted by atomic mass is 9.96. The normalized spacial score (nSPS) is 16.4. The van der Waals surface area contributed by atoms with Crippen LogP contribution in [0.15, 0.2) is 35.6 Å². The van der Waals surface area contributed by atoms with Crippen LogP contribution in [0.1, 0.15) is 18.7 Å². The van der Waals surface area contributed by atoms with E-state index in [9.17, 15) is 9.18 Å². The lowest BCUT2D eigenvalue weighted by molar-refractivity contribution is 0.161. The topological polar surface area (TPSA) is 68.8 Å². The standard InChI is InChI=1S/C18H21FN6O/c1-23-17(20-11-22-23)10-24-6-4-13(5-7-24)9-25-12-21-16-8-14(19)2-3-15(16)18(25)26/h2-3,8,11-13H,4-7,9-10H2,1H3. The van der Waals surface area contributed by atoms with Crippen LogP contribution in [0.25, 0.3) is 10.9 Å². The summed E-state index contributed by atoms with van der Waals surface area (Å²) in [6.45, 7) is 3.39. The van der Waals surface area contributed by atoms with Gasteiger partial charge in [0.1, 0.15) is 18.0 Å².